The van der Waals surface area contributed by atoms with E-state index >= 15 is 0 Å². The summed E-state index contributed by atoms with van der Waals surface area (Å²) in [4.78, 5) is 35.1. The molecular formula is C26H24N4O3. The molecule has 3 heterocycles. The van der Waals surface area contributed by atoms with Crippen molar-refractivity contribution in [3.8, 4) is 11.1 Å². The summed E-state index contributed by atoms with van der Waals surface area (Å²) in [7, 11) is 0. The van der Waals surface area contributed by atoms with Crippen LogP contribution >= 0.6 is 0 Å². The molecule has 1 aliphatic rings. The largest absolute Gasteiger partial charge is 0.378 e. The van der Waals surface area contributed by atoms with Crippen molar-refractivity contribution in [3.63, 3.8) is 0 Å². The lowest BCUT2D eigenvalue weighted by Gasteiger charge is -2.27. The Balaban J connectivity index is 1.56. The van der Waals surface area contributed by atoms with Gasteiger partial charge in [-0.25, -0.2) is 4.98 Å². The number of pyridine rings is 1. The number of morpholine rings is 1. The van der Waals surface area contributed by atoms with Crippen molar-refractivity contribution in [2.45, 2.75) is 6.92 Å². The predicted molar refractivity (Wildman–Crippen MR) is 129 cm³/mol. The van der Waals surface area contributed by atoms with Gasteiger partial charge >= 0.3 is 0 Å². The number of nitrogens with one attached hydrogen (secondary N) is 2. The SMILES string of the molecule is CC(=O)Nc1cc(C(=O)c2ccnc(N3CCOCC3)c2)cc(-c2cccc3[nH]ccc23)c1. The van der Waals surface area contributed by atoms with Gasteiger partial charge in [-0.05, 0) is 53.6 Å². The lowest BCUT2D eigenvalue weighted by molar-refractivity contribution is -0.114. The number of nitrogens with zero attached hydrogens (tertiary/aromatic N) is 2. The Hall–Kier alpha value is -3.97. The zero-order valence-corrected chi connectivity index (χ0v) is 18.3. The van der Waals surface area contributed by atoms with Gasteiger partial charge in [0.1, 0.15) is 5.82 Å². The summed E-state index contributed by atoms with van der Waals surface area (Å²) in [6.07, 6.45) is 3.55. The van der Waals surface area contributed by atoms with E-state index in [-0.39, 0.29) is 11.7 Å². The molecule has 1 amide bonds. The van der Waals surface area contributed by atoms with Crippen LogP contribution in [0.25, 0.3) is 22.0 Å². The van der Waals surface area contributed by atoms with E-state index in [1.165, 1.54) is 6.92 Å². The molecule has 7 heteroatoms. The highest BCUT2D eigenvalue weighted by Gasteiger charge is 2.17. The molecule has 0 aliphatic carbocycles. The molecule has 0 radical (unpaired) electrons. The highest BCUT2D eigenvalue weighted by molar-refractivity contribution is 6.11. The van der Waals surface area contributed by atoms with Gasteiger partial charge in [0.25, 0.3) is 0 Å². The zero-order valence-electron chi connectivity index (χ0n) is 18.3. The molecule has 2 aromatic heterocycles. The van der Waals surface area contributed by atoms with Crippen molar-refractivity contribution < 1.29 is 14.3 Å². The quantitative estimate of drug-likeness (QED) is 0.453. The third-order valence-electron chi connectivity index (χ3n) is 5.76. The number of carbonyl (C=O) groups excluding carboxylic acids is 2. The second-order valence-corrected chi connectivity index (χ2v) is 8.06. The maximum atomic E-state index is 13.5. The summed E-state index contributed by atoms with van der Waals surface area (Å²) in [5.74, 6) is 0.449. The Morgan fingerprint density at radius 1 is 1.03 bits per heavy atom. The molecule has 0 unspecified atom stereocenters. The lowest BCUT2D eigenvalue weighted by atomic mass is 9.95. The molecule has 166 valence electrons. The Morgan fingerprint density at radius 3 is 2.70 bits per heavy atom. The fourth-order valence-corrected chi connectivity index (χ4v) is 4.22. The van der Waals surface area contributed by atoms with Gasteiger partial charge in [-0.3, -0.25) is 9.59 Å². The van der Waals surface area contributed by atoms with E-state index in [0.717, 1.165) is 40.9 Å². The fourth-order valence-electron chi connectivity index (χ4n) is 4.22. The summed E-state index contributed by atoms with van der Waals surface area (Å²) in [6, 6.07) is 17.0. The molecular weight excluding hydrogens is 416 g/mol. The second kappa shape index (κ2) is 8.88. The van der Waals surface area contributed by atoms with Gasteiger partial charge in [-0.1, -0.05) is 12.1 Å². The predicted octanol–water partition coefficient (Wildman–Crippen LogP) is 4.26. The first-order valence-corrected chi connectivity index (χ1v) is 10.9. The van der Waals surface area contributed by atoms with Crippen LogP contribution in [0.1, 0.15) is 22.8 Å². The molecule has 1 saturated heterocycles. The number of aromatic amines is 1. The first-order valence-electron chi connectivity index (χ1n) is 10.9. The summed E-state index contributed by atoms with van der Waals surface area (Å²) < 4.78 is 5.42. The van der Waals surface area contributed by atoms with Gasteiger partial charge < -0.3 is 19.9 Å². The molecule has 2 N–H and O–H groups in total. The smallest absolute Gasteiger partial charge is 0.221 e. The summed E-state index contributed by atoms with van der Waals surface area (Å²) >= 11 is 0. The highest BCUT2D eigenvalue weighted by atomic mass is 16.5. The van der Waals surface area contributed by atoms with Crippen LogP contribution in [0, 0.1) is 0 Å². The van der Waals surface area contributed by atoms with Crippen molar-refractivity contribution in [1.82, 2.24) is 9.97 Å². The number of benzene rings is 2. The summed E-state index contributed by atoms with van der Waals surface area (Å²) in [5.41, 5.74) is 4.49. The van der Waals surface area contributed by atoms with Crippen molar-refractivity contribution in [1.29, 1.82) is 0 Å². The molecule has 1 aliphatic heterocycles. The number of amides is 1. The van der Waals surface area contributed by atoms with E-state index in [4.69, 9.17) is 4.74 Å². The fraction of sp³-hybridized carbons (Fsp3) is 0.192. The van der Waals surface area contributed by atoms with Gasteiger partial charge in [0.2, 0.25) is 5.91 Å². The molecule has 33 heavy (non-hydrogen) atoms. The minimum Gasteiger partial charge on any atom is -0.378 e. The van der Waals surface area contributed by atoms with Gasteiger partial charge in [0.05, 0.1) is 13.2 Å². The Bertz CT molecular complexity index is 1340. The number of hydrogen-bond acceptors (Lipinski definition) is 5. The van der Waals surface area contributed by atoms with Crippen LogP contribution in [0.3, 0.4) is 0 Å². The van der Waals surface area contributed by atoms with Gasteiger partial charge in [-0.2, -0.15) is 0 Å². The van der Waals surface area contributed by atoms with E-state index in [9.17, 15) is 9.59 Å². The van der Waals surface area contributed by atoms with Crippen LogP contribution < -0.4 is 10.2 Å². The highest BCUT2D eigenvalue weighted by Crippen LogP contribution is 2.32. The van der Waals surface area contributed by atoms with Crippen LogP contribution in [0.2, 0.25) is 0 Å². The topological polar surface area (TPSA) is 87.3 Å². The molecule has 0 spiro atoms. The van der Waals surface area contributed by atoms with Crippen molar-refractivity contribution in [2.75, 3.05) is 36.5 Å². The Labute approximate surface area is 191 Å². The van der Waals surface area contributed by atoms with E-state index in [1.54, 1.807) is 18.3 Å². The number of fused-ring (bicyclic) bond motifs is 1. The van der Waals surface area contributed by atoms with Crippen molar-refractivity contribution >= 4 is 34.1 Å². The number of ether oxygens (including phenoxy) is 1. The van der Waals surface area contributed by atoms with E-state index < -0.39 is 0 Å². The number of rotatable bonds is 5. The van der Waals surface area contributed by atoms with Crippen molar-refractivity contribution in [2.24, 2.45) is 0 Å². The third-order valence-corrected chi connectivity index (χ3v) is 5.76. The first kappa shape index (κ1) is 20.9. The first-order chi connectivity index (χ1) is 16.1. The van der Waals surface area contributed by atoms with Crippen LogP contribution in [0.15, 0.2) is 67.0 Å². The average molecular weight is 441 g/mol. The minimum absolute atomic E-state index is 0.124. The lowest BCUT2D eigenvalue weighted by Crippen LogP contribution is -2.36. The zero-order chi connectivity index (χ0) is 22.8. The van der Waals surface area contributed by atoms with Crippen molar-refractivity contribution in [3.05, 3.63) is 78.1 Å². The monoisotopic (exact) mass is 440 g/mol. The maximum absolute atomic E-state index is 13.5. The summed E-state index contributed by atoms with van der Waals surface area (Å²) in [5, 5.41) is 3.88. The molecule has 7 nitrogen and oxygen atoms in total. The molecule has 0 bridgehead atoms. The van der Waals surface area contributed by atoms with Crippen LogP contribution in [0.5, 0.6) is 0 Å². The van der Waals surface area contributed by atoms with Crippen LogP contribution in [0.4, 0.5) is 11.5 Å². The van der Waals surface area contributed by atoms with Gasteiger partial charge in [-0.15, -0.1) is 0 Å². The standard InChI is InChI=1S/C26H24N4O3/c1-17(31)29-21-14-19(22-3-2-4-24-23(22)6-8-27-24)13-20(15-21)26(32)18-5-7-28-25(16-18)30-9-11-33-12-10-30/h2-8,13-16,27H,9-12H2,1H3,(H,29,31). The third kappa shape index (κ3) is 4.36. The number of H-pyrrole nitrogens is 1. The van der Waals surface area contributed by atoms with E-state index in [0.29, 0.717) is 30.0 Å². The Kier molecular flexibility index (Phi) is 5.62. The normalized spacial score (nSPS) is 13.8. The Morgan fingerprint density at radius 2 is 1.88 bits per heavy atom. The molecule has 0 saturated carbocycles. The minimum atomic E-state index is -0.191. The molecule has 4 aromatic rings. The average Bonchev–Trinajstić information content (AvgIpc) is 3.33. The maximum Gasteiger partial charge on any atom is 0.221 e. The second-order valence-electron chi connectivity index (χ2n) is 8.06. The number of anilines is 2. The van der Waals surface area contributed by atoms with Gasteiger partial charge in [0, 0.05) is 60.1 Å². The van der Waals surface area contributed by atoms with Crippen LogP contribution in [-0.4, -0.2) is 48.0 Å². The number of ketones is 1. The molecule has 1 fully saturated rings. The molecule has 5 rings (SSSR count). The summed E-state index contributed by atoms with van der Waals surface area (Å²) in [6.45, 7) is 4.23. The van der Waals surface area contributed by atoms with E-state index in [1.807, 2.05) is 48.7 Å². The molecule has 0 atom stereocenters. The molecule has 2 aromatic carbocycles. The number of hydrogen-bond donors (Lipinski definition) is 2. The number of aromatic nitrogens is 2. The number of carbonyl (C=O) groups is 2. The van der Waals surface area contributed by atoms with Crippen LogP contribution in [-0.2, 0) is 9.53 Å². The van der Waals surface area contributed by atoms with E-state index in [2.05, 4.69) is 20.2 Å². The van der Waals surface area contributed by atoms with Gasteiger partial charge in [0.15, 0.2) is 5.78 Å².